The van der Waals surface area contributed by atoms with Gasteiger partial charge in [0.05, 0.1) is 11.5 Å². The summed E-state index contributed by atoms with van der Waals surface area (Å²) in [4.78, 5) is 3.16. The topological polar surface area (TPSA) is 106 Å². The number of hydrogen-bond donors (Lipinski definition) is 2. The van der Waals surface area contributed by atoms with Gasteiger partial charge in [0.25, 0.3) is 0 Å². The molecule has 3 aromatic rings. The monoisotopic (exact) mass is 562 g/mol. The molecule has 3 aromatic carbocycles. The van der Waals surface area contributed by atoms with Crippen LogP contribution in [0.15, 0.2) is 53.4 Å². The first-order chi connectivity index (χ1) is 19.0. The Kier molecular flexibility index (Phi) is 7.45. The molecule has 212 valence electrons. The van der Waals surface area contributed by atoms with Crippen LogP contribution in [0, 0.1) is 16.7 Å². The van der Waals surface area contributed by atoms with Gasteiger partial charge in [0, 0.05) is 29.9 Å². The van der Waals surface area contributed by atoms with E-state index in [1.54, 1.807) is 18.2 Å². The molecule has 0 bridgehead atoms. The van der Waals surface area contributed by atoms with E-state index < -0.39 is 10.0 Å². The van der Waals surface area contributed by atoms with Gasteiger partial charge in [-0.15, -0.1) is 0 Å². The Hall–Kier alpha value is -2.99. The van der Waals surface area contributed by atoms with Crippen molar-refractivity contribution >= 4 is 26.5 Å². The van der Waals surface area contributed by atoms with Gasteiger partial charge in [-0.1, -0.05) is 64.4 Å². The maximum atomic E-state index is 14.2. The van der Waals surface area contributed by atoms with Crippen LogP contribution in [0.3, 0.4) is 0 Å². The lowest BCUT2D eigenvalue weighted by atomic mass is 9.49. The summed E-state index contributed by atoms with van der Waals surface area (Å²) >= 11 is 0. The van der Waals surface area contributed by atoms with E-state index in [1.807, 2.05) is 0 Å². The fourth-order valence-electron chi connectivity index (χ4n) is 7.74. The Bertz CT molecular complexity index is 1600. The van der Waals surface area contributed by atoms with Gasteiger partial charge < -0.3 is 10.2 Å². The molecule has 3 atom stereocenters. The lowest BCUT2D eigenvalue weighted by Gasteiger charge is -2.56. The van der Waals surface area contributed by atoms with E-state index in [1.165, 1.54) is 33.1 Å². The SMILES string of the molecule is CC(C)c1ccc2c(c1)CC[C@H]1[C@@](C)(CN(CCO)S(=O)(=O)c3cccc4c(O)c([N+]#N)ccc34)CCC[C@]21C. The van der Waals surface area contributed by atoms with Crippen LogP contribution in [0.2, 0.25) is 0 Å². The van der Waals surface area contributed by atoms with E-state index in [9.17, 15) is 24.0 Å². The Balaban J connectivity index is 1.53. The zero-order valence-corrected chi connectivity index (χ0v) is 24.7. The predicted octanol–water partition coefficient (Wildman–Crippen LogP) is 6.85. The predicted molar refractivity (Wildman–Crippen MR) is 158 cm³/mol. The summed E-state index contributed by atoms with van der Waals surface area (Å²) in [6, 6.07) is 14.6. The summed E-state index contributed by atoms with van der Waals surface area (Å²) in [5.41, 5.74) is 3.85. The third-order valence-corrected chi connectivity index (χ3v) is 11.7. The van der Waals surface area contributed by atoms with Crippen molar-refractivity contribution in [1.82, 2.24) is 4.31 Å². The van der Waals surface area contributed by atoms with Gasteiger partial charge in [-0.05, 0) is 77.2 Å². The number of fused-ring (bicyclic) bond motifs is 4. The fourth-order valence-corrected chi connectivity index (χ4v) is 9.51. The van der Waals surface area contributed by atoms with Crippen LogP contribution in [0.5, 0.6) is 5.75 Å². The van der Waals surface area contributed by atoms with E-state index in [2.05, 4.69) is 50.9 Å². The van der Waals surface area contributed by atoms with Crippen LogP contribution in [0.4, 0.5) is 5.69 Å². The van der Waals surface area contributed by atoms with Gasteiger partial charge in [0.15, 0.2) is 4.98 Å². The highest BCUT2D eigenvalue weighted by Gasteiger charge is 2.53. The zero-order chi connectivity index (χ0) is 28.9. The number of benzene rings is 3. The lowest BCUT2D eigenvalue weighted by Crippen LogP contribution is -2.54. The van der Waals surface area contributed by atoms with Crippen molar-refractivity contribution in [2.45, 2.75) is 76.0 Å². The van der Waals surface area contributed by atoms with Crippen LogP contribution in [-0.2, 0) is 21.9 Å². The highest BCUT2D eigenvalue weighted by molar-refractivity contribution is 7.89. The largest absolute Gasteiger partial charge is 0.501 e. The van der Waals surface area contributed by atoms with Crippen molar-refractivity contribution in [1.29, 1.82) is 5.39 Å². The molecule has 0 saturated heterocycles. The summed E-state index contributed by atoms with van der Waals surface area (Å²) < 4.78 is 29.9. The van der Waals surface area contributed by atoms with Crippen LogP contribution in [-0.4, -0.2) is 42.6 Å². The van der Waals surface area contributed by atoms with Crippen molar-refractivity contribution in [3.8, 4) is 5.75 Å². The number of sulfonamides is 1. The molecule has 0 aromatic heterocycles. The van der Waals surface area contributed by atoms with E-state index in [0.29, 0.717) is 29.2 Å². The van der Waals surface area contributed by atoms with Crippen molar-refractivity contribution in [2.24, 2.45) is 11.3 Å². The van der Waals surface area contributed by atoms with E-state index >= 15 is 0 Å². The average molecular weight is 563 g/mol. The number of nitrogens with zero attached hydrogens (tertiary/aromatic N) is 3. The van der Waals surface area contributed by atoms with Crippen molar-refractivity contribution in [2.75, 3.05) is 19.7 Å². The molecule has 2 N–H and O–H groups in total. The standard InChI is InChI=1S/C32H39N3O4S/c1-21(2)22-9-12-26-23(19-22)10-14-29-31(3,15-6-16-32(26,29)4)20-35(17-18-36)40(38,39)28-8-5-7-25-24(28)11-13-27(34-33)30(25)37/h5,7-9,11-13,19,21,29,36H,6,10,14-18,20H2,1-4H3/p+1/t29-,31+,32+/m0/s1. The molecule has 5 rings (SSSR count). The number of rotatable bonds is 7. The molecule has 40 heavy (non-hydrogen) atoms. The minimum Gasteiger partial charge on any atom is -0.501 e. The van der Waals surface area contributed by atoms with Gasteiger partial charge >= 0.3 is 5.69 Å². The Morgan fingerprint density at radius 3 is 2.58 bits per heavy atom. The van der Waals surface area contributed by atoms with Gasteiger partial charge in [-0.2, -0.15) is 4.31 Å². The van der Waals surface area contributed by atoms with Crippen LogP contribution < -0.4 is 0 Å². The highest BCUT2D eigenvalue weighted by atomic mass is 32.2. The third-order valence-electron chi connectivity index (χ3n) is 9.75. The molecule has 1 saturated carbocycles. The third kappa shape index (κ3) is 4.58. The molecule has 0 spiro atoms. The summed E-state index contributed by atoms with van der Waals surface area (Å²) in [6.45, 7) is 9.05. The van der Waals surface area contributed by atoms with Crippen LogP contribution in [0.1, 0.15) is 76.0 Å². The molecular weight excluding hydrogens is 522 g/mol. The molecule has 0 amide bonds. The lowest BCUT2D eigenvalue weighted by molar-refractivity contribution is 0.0104. The first kappa shape index (κ1) is 28.5. The fraction of sp³-hybridized carbons (Fsp3) is 0.500. The molecular formula is C32H40N3O4S+. The normalized spacial score (nSPS) is 24.6. The van der Waals surface area contributed by atoms with Crippen LogP contribution >= 0.6 is 0 Å². The first-order valence-electron chi connectivity index (χ1n) is 14.3. The number of diazo groups is 1. The Morgan fingerprint density at radius 2 is 1.88 bits per heavy atom. The van der Waals surface area contributed by atoms with Gasteiger partial charge in [-0.25, -0.2) is 8.42 Å². The summed E-state index contributed by atoms with van der Waals surface area (Å²) in [5, 5.41) is 30.4. The molecule has 7 nitrogen and oxygen atoms in total. The second-order valence-corrected chi connectivity index (χ2v) is 14.4. The Labute approximate surface area is 237 Å². The van der Waals surface area contributed by atoms with Crippen molar-refractivity contribution in [3.63, 3.8) is 0 Å². The number of phenols is 1. The second kappa shape index (κ2) is 10.4. The van der Waals surface area contributed by atoms with Gasteiger partial charge in [0.2, 0.25) is 21.2 Å². The number of aromatic hydroxyl groups is 1. The minimum absolute atomic E-state index is 0.0118. The molecule has 0 unspecified atom stereocenters. The smallest absolute Gasteiger partial charge is 0.426 e. The van der Waals surface area contributed by atoms with Crippen molar-refractivity contribution < 1.29 is 18.6 Å². The summed E-state index contributed by atoms with van der Waals surface area (Å²) in [5.74, 6) is 0.500. The minimum atomic E-state index is -4.03. The Morgan fingerprint density at radius 1 is 1.10 bits per heavy atom. The second-order valence-electron chi connectivity index (χ2n) is 12.5. The van der Waals surface area contributed by atoms with Crippen LogP contribution in [0.25, 0.3) is 15.7 Å². The number of aliphatic hydroxyl groups is 1. The molecule has 2 aliphatic rings. The first-order valence-corrected chi connectivity index (χ1v) is 15.7. The molecule has 0 radical (unpaired) electrons. The van der Waals surface area contributed by atoms with E-state index in [-0.39, 0.29) is 40.3 Å². The summed E-state index contributed by atoms with van der Waals surface area (Å²) in [7, 11) is -4.03. The van der Waals surface area contributed by atoms with E-state index in [0.717, 1.165) is 32.1 Å². The van der Waals surface area contributed by atoms with Crippen molar-refractivity contribution in [3.05, 3.63) is 70.2 Å². The quantitative estimate of drug-likeness (QED) is 0.307. The molecule has 1 fully saturated rings. The number of phenolic OH excluding ortho intramolecular Hbond substituents is 1. The zero-order valence-electron chi connectivity index (χ0n) is 23.9. The number of aryl methyl sites for hydroxylation is 1. The maximum Gasteiger partial charge on any atom is 0.426 e. The molecule has 0 heterocycles. The average Bonchev–Trinajstić information content (AvgIpc) is 2.92. The molecule has 2 aliphatic carbocycles. The highest BCUT2D eigenvalue weighted by Crippen LogP contribution is 2.58. The molecule has 0 aliphatic heterocycles. The summed E-state index contributed by atoms with van der Waals surface area (Å²) in [6.07, 6.45) is 5.00. The van der Waals surface area contributed by atoms with E-state index in [4.69, 9.17) is 0 Å². The number of hydrogen-bond acceptors (Lipinski definition) is 5. The van der Waals surface area contributed by atoms with Gasteiger partial charge in [-0.3, -0.25) is 0 Å². The van der Waals surface area contributed by atoms with Gasteiger partial charge in [0.1, 0.15) is 0 Å². The number of aliphatic hydroxyl groups excluding tert-OH is 1. The maximum absolute atomic E-state index is 14.2. The molecule has 8 heteroatoms.